The smallest absolute Gasteiger partial charge is 0.135 e. The van der Waals surface area contributed by atoms with Crippen molar-refractivity contribution >= 4 is 15.9 Å². The van der Waals surface area contributed by atoms with Gasteiger partial charge in [-0.25, -0.2) is 0 Å². The first-order valence-corrected chi connectivity index (χ1v) is 4.79. The van der Waals surface area contributed by atoms with Gasteiger partial charge >= 0.3 is 0 Å². The van der Waals surface area contributed by atoms with Gasteiger partial charge in [0.2, 0.25) is 0 Å². The number of aromatic nitrogens is 3. The molecule has 0 radical (unpaired) electrons. The van der Waals surface area contributed by atoms with Gasteiger partial charge in [-0.1, -0.05) is 0 Å². The summed E-state index contributed by atoms with van der Waals surface area (Å²) in [4.78, 5) is 0. The Balaban J connectivity index is 2.46. The minimum atomic E-state index is 0.788. The van der Waals surface area contributed by atoms with Crippen LogP contribution in [-0.2, 0) is 0 Å². The molecule has 0 unspecified atom stereocenters. The highest BCUT2D eigenvalue weighted by Gasteiger charge is 2.02. The van der Waals surface area contributed by atoms with E-state index in [4.69, 9.17) is 4.74 Å². The summed E-state index contributed by atoms with van der Waals surface area (Å²) in [5, 5.41) is 7.47. The van der Waals surface area contributed by atoms with Gasteiger partial charge in [0.1, 0.15) is 18.4 Å². The molecule has 1 heterocycles. The zero-order valence-electron chi connectivity index (χ0n) is 7.51. The molecule has 0 aliphatic carbocycles. The predicted octanol–water partition coefficient (Wildman–Crippen LogP) is 2.04. The van der Waals surface area contributed by atoms with Gasteiger partial charge in [0, 0.05) is 6.07 Å². The molecule has 0 bridgehead atoms. The lowest BCUT2D eigenvalue weighted by Gasteiger charge is -2.06. The first kappa shape index (κ1) is 9.21. The molecule has 1 aromatic carbocycles. The van der Waals surface area contributed by atoms with E-state index in [1.807, 2.05) is 22.8 Å². The molecule has 1 aromatic heterocycles. The fraction of sp³-hybridized carbons (Fsp3) is 0.111. The highest BCUT2D eigenvalue weighted by atomic mass is 79.9. The fourth-order valence-electron chi connectivity index (χ4n) is 1.14. The molecule has 4 nitrogen and oxygen atoms in total. The Bertz CT molecular complexity index is 428. The SMILES string of the molecule is COc1cc(-n2cnnc2)ccc1Br. The van der Waals surface area contributed by atoms with Crippen LogP contribution >= 0.6 is 15.9 Å². The van der Waals surface area contributed by atoms with E-state index in [9.17, 15) is 0 Å². The van der Waals surface area contributed by atoms with Gasteiger partial charge in [-0.15, -0.1) is 10.2 Å². The summed E-state index contributed by atoms with van der Waals surface area (Å²) in [5.74, 6) is 0.788. The number of rotatable bonds is 2. The van der Waals surface area contributed by atoms with Crippen LogP contribution in [0.25, 0.3) is 5.69 Å². The van der Waals surface area contributed by atoms with Gasteiger partial charge in [-0.2, -0.15) is 0 Å². The topological polar surface area (TPSA) is 39.9 Å². The largest absolute Gasteiger partial charge is 0.495 e. The quantitative estimate of drug-likeness (QED) is 0.823. The van der Waals surface area contributed by atoms with Crippen LogP contribution < -0.4 is 4.74 Å². The van der Waals surface area contributed by atoms with E-state index in [-0.39, 0.29) is 0 Å². The molecule has 72 valence electrons. The fourth-order valence-corrected chi connectivity index (χ4v) is 1.55. The van der Waals surface area contributed by atoms with Crippen LogP contribution in [0.5, 0.6) is 5.75 Å². The minimum Gasteiger partial charge on any atom is -0.495 e. The zero-order chi connectivity index (χ0) is 9.97. The Morgan fingerprint density at radius 2 is 2.00 bits per heavy atom. The molecule has 0 aliphatic rings. The molecular weight excluding hydrogens is 246 g/mol. The number of hydrogen-bond acceptors (Lipinski definition) is 3. The Kier molecular flexibility index (Phi) is 2.49. The van der Waals surface area contributed by atoms with Crippen LogP contribution in [0, 0.1) is 0 Å². The van der Waals surface area contributed by atoms with Crippen molar-refractivity contribution < 1.29 is 4.74 Å². The summed E-state index contributed by atoms with van der Waals surface area (Å²) in [5.41, 5.74) is 0.968. The van der Waals surface area contributed by atoms with Gasteiger partial charge in [-0.05, 0) is 28.1 Å². The van der Waals surface area contributed by atoms with Crippen molar-refractivity contribution in [1.82, 2.24) is 14.8 Å². The predicted molar refractivity (Wildman–Crippen MR) is 55.6 cm³/mol. The third-order valence-corrected chi connectivity index (χ3v) is 2.51. The molecule has 0 spiro atoms. The third-order valence-electron chi connectivity index (χ3n) is 1.85. The second-order valence-corrected chi connectivity index (χ2v) is 3.54. The van der Waals surface area contributed by atoms with E-state index in [1.54, 1.807) is 19.8 Å². The van der Waals surface area contributed by atoms with Gasteiger partial charge in [0.05, 0.1) is 17.3 Å². The van der Waals surface area contributed by atoms with Crippen LogP contribution in [-0.4, -0.2) is 21.9 Å². The second-order valence-electron chi connectivity index (χ2n) is 2.69. The standard InChI is InChI=1S/C9H8BrN3O/c1-14-9-4-7(2-3-8(9)10)13-5-11-12-6-13/h2-6H,1H3. The van der Waals surface area contributed by atoms with E-state index >= 15 is 0 Å². The lowest BCUT2D eigenvalue weighted by Crippen LogP contribution is -1.92. The van der Waals surface area contributed by atoms with Gasteiger partial charge in [-0.3, -0.25) is 4.57 Å². The van der Waals surface area contributed by atoms with Crippen LogP contribution in [0.2, 0.25) is 0 Å². The summed E-state index contributed by atoms with van der Waals surface area (Å²) >= 11 is 3.39. The normalized spacial score (nSPS) is 10.1. The average Bonchev–Trinajstić information content (AvgIpc) is 2.71. The number of nitrogens with zero attached hydrogens (tertiary/aromatic N) is 3. The molecule has 5 heteroatoms. The van der Waals surface area contributed by atoms with Crippen molar-refractivity contribution in [2.24, 2.45) is 0 Å². The molecule has 0 aliphatic heterocycles. The highest BCUT2D eigenvalue weighted by molar-refractivity contribution is 9.10. The van der Waals surface area contributed by atoms with Crippen molar-refractivity contribution in [3.05, 3.63) is 35.3 Å². The van der Waals surface area contributed by atoms with Crippen molar-refractivity contribution in [3.63, 3.8) is 0 Å². The van der Waals surface area contributed by atoms with Crippen molar-refractivity contribution in [2.75, 3.05) is 7.11 Å². The summed E-state index contributed by atoms with van der Waals surface area (Å²) in [6, 6.07) is 5.79. The second kappa shape index (κ2) is 3.79. The zero-order valence-corrected chi connectivity index (χ0v) is 9.10. The number of halogens is 1. The first-order valence-electron chi connectivity index (χ1n) is 4.00. The summed E-state index contributed by atoms with van der Waals surface area (Å²) in [6.07, 6.45) is 3.28. The molecule has 0 N–H and O–H groups in total. The molecule has 2 aromatic rings. The molecule has 0 fully saturated rings. The van der Waals surface area contributed by atoms with E-state index in [0.717, 1.165) is 15.9 Å². The summed E-state index contributed by atoms with van der Waals surface area (Å²) < 4.78 is 7.92. The molecule has 14 heavy (non-hydrogen) atoms. The third kappa shape index (κ3) is 1.63. The van der Waals surface area contributed by atoms with E-state index < -0.39 is 0 Å². The Labute approximate surface area is 89.7 Å². The number of ether oxygens (including phenoxy) is 1. The molecule has 0 saturated carbocycles. The molecule has 0 saturated heterocycles. The van der Waals surface area contributed by atoms with E-state index in [1.165, 1.54) is 0 Å². The van der Waals surface area contributed by atoms with E-state index in [0.29, 0.717) is 0 Å². The lowest BCUT2D eigenvalue weighted by atomic mass is 10.3. The average molecular weight is 254 g/mol. The first-order chi connectivity index (χ1) is 6.81. The molecule has 0 amide bonds. The molecular formula is C9H8BrN3O. The van der Waals surface area contributed by atoms with Crippen LogP contribution in [0.4, 0.5) is 0 Å². The summed E-state index contributed by atoms with van der Waals surface area (Å²) in [7, 11) is 1.63. The number of benzene rings is 1. The Morgan fingerprint density at radius 3 is 2.64 bits per heavy atom. The van der Waals surface area contributed by atoms with Crippen LogP contribution in [0.3, 0.4) is 0 Å². The molecule has 2 rings (SSSR count). The van der Waals surface area contributed by atoms with Crippen molar-refractivity contribution in [2.45, 2.75) is 0 Å². The lowest BCUT2D eigenvalue weighted by molar-refractivity contribution is 0.412. The van der Waals surface area contributed by atoms with Gasteiger partial charge in [0.25, 0.3) is 0 Å². The van der Waals surface area contributed by atoms with Crippen LogP contribution in [0.15, 0.2) is 35.3 Å². The minimum absolute atomic E-state index is 0.788. The Morgan fingerprint density at radius 1 is 1.29 bits per heavy atom. The highest BCUT2D eigenvalue weighted by Crippen LogP contribution is 2.26. The summed E-state index contributed by atoms with van der Waals surface area (Å²) in [6.45, 7) is 0. The monoisotopic (exact) mass is 253 g/mol. The van der Waals surface area contributed by atoms with Crippen LogP contribution in [0.1, 0.15) is 0 Å². The number of hydrogen-bond donors (Lipinski definition) is 0. The maximum atomic E-state index is 5.18. The Hall–Kier alpha value is -1.36. The maximum Gasteiger partial charge on any atom is 0.135 e. The van der Waals surface area contributed by atoms with Crippen molar-refractivity contribution in [3.8, 4) is 11.4 Å². The van der Waals surface area contributed by atoms with Gasteiger partial charge in [0.15, 0.2) is 0 Å². The van der Waals surface area contributed by atoms with Gasteiger partial charge < -0.3 is 4.74 Å². The maximum absolute atomic E-state index is 5.18. The van der Waals surface area contributed by atoms with E-state index in [2.05, 4.69) is 26.1 Å². The van der Waals surface area contributed by atoms with Crippen molar-refractivity contribution in [1.29, 1.82) is 0 Å². The number of methoxy groups -OCH3 is 1. The molecule has 0 atom stereocenters.